The number of hydrogen-bond acceptors (Lipinski definition) is 5. The van der Waals surface area contributed by atoms with Gasteiger partial charge in [0.2, 0.25) is 5.91 Å². The quantitative estimate of drug-likeness (QED) is 0.624. The monoisotopic (exact) mass is 483 g/mol. The van der Waals surface area contributed by atoms with Crippen LogP contribution in [0.5, 0.6) is 0 Å². The molecule has 0 aromatic carbocycles. The van der Waals surface area contributed by atoms with Gasteiger partial charge in [-0.25, -0.2) is 0 Å². The van der Waals surface area contributed by atoms with Crippen molar-refractivity contribution in [2.24, 2.45) is 0 Å². The molecule has 2 aromatic heterocycles. The molecule has 2 amide bonds. The minimum absolute atomic E-state index is 0.0260. The molecule has 2 aromatic rings. The Morgan fingerprint density at radius 1 is 1.09 bits per heavy atom. The van der Waals surface area contributed by atoms with E-state index in [9.17, 15) is 9.59 Å². The van der Waals surface area contributed by atoms with Crippen LogP contribution in [0, 0.1) is 0 Å². The Morgan fingerprint density at radius 3 is 2.51 bits per heavy atom. The summed E-state index contributed by atoms with van der Waals surface area (Å²) in [7, 11) is 0. The average molecular weight is 484 g/mol. The van der Waals surface area contributed by atoms with Gasteiger partial charge in [0.25, 0.3) is 5.91 Å². The first-order valence-corrected chi connectivity index (χ1v) is 13.6. The maximum Gasteiger partial charge on any atom is 0.271 e. The second-order valence-electron chi connectivity index (χ2n) is 10.9. The third kappa shape index (κ3) is 4.87. The normalized spacial score (nSPS) is 24.7. The van der Waals surface area contributed by atoms with Crippen LogP contribution in [0.2, 0.25) is 0 Å². The topological polar surface area (TPSA) is 74.0 Å². The van der Waals surface area contributed by atoms with E-state index in [0.29, 0.717) is 24.4 Å². The van der Waals surface area contributed by atoms with Gasteiger partial charge in [-0.15, -0.1) is 0 Å². The van der Waals surface area contributed by atoms with Crippen LogP contribution in [-0.2, 0) is 11.3 Å². The second-order valence-corrected chi connectivity index (χ2v) is 10.9. The molecule has 8 nitrogen and oxygen atoms in total. The fourth-order valence-electron chi connectivity index (χ4n) is 6.22. The number of aromatic nitrogens is 1. The Kier molecular flexibility index (Phi) is 7.21. The first-order valence-electron chi connectivity index (χ1n) is 13.6. The second kappa shape index (κ2) is 10.3. The van der Waals surface area contributed by atoms with Gasteiger partial charge in [-0.05, 0) is 45.7 Å². The summed E-state index contributed by atoms with van der Waals surface area (Å²) in [5.41, 5.74) is 1.28. The molecule has 0 spiro atoms. The van der Waals surface area contributed by atoms with Crippen LogP contribution in [0.15, 0.2) is 22.8 Å². The average Bonchev–Trinajstić information content (AvgIpc) is 3.45. The van der Waals surface area contributed by atoms with E-state index >= 15 is 0 Å². The number of amides is 2. The van der Waals surface area contributed by atoms with E-state index in [2.05, 4.69) is 22.0 Å². The molecule has 1 atom stereocenters. The summed E-state index contributed by atoms with van der Waals surface area (Å²) in [6.07, 6.45) is 9.33. The summed E-state index contributed by atoms with van der Waals surface area (Å²) in [5.74, 6) is -0.0985. The highest BCUT2D eigenvalue weighted by Gasteiger charge is 2.48. The van der Waals surface area contributed by atoms with E-state index < -0.39 is 5.54 Å². The van der Waals surface area contributed by atoms with E-state index in [1.165, 1.54) is 19.4 Å². The third-order valence-electron chi connectivity index (χ3n) is 8.34. The van der Waals surface area contributed by atoms with Crippen molar-refractivity contribution >= 4 is 22.9 Å². The van der Waals surface area contributed by atoms with Crippen LogP contribution in [0.25, 0.3) is 11.1 Å². The maximum atomic E-state index is 13.8. The van der Waals surface area contributed by atoms with Crippen LogP contribution in [0.4, 0.5) is 0 Å². The van der Waals surface area contributed by atoms with E-state index in [0.717, 1.165) is 70.3 Å². The zero-order valence-corrected chi connectivity index (χ0v) is 21.4. The van der Waals surface area contributed by atoms with Crippen molar-refractivity contribution in [1.82, 2.24) is 24.6 Å². The van der Waals surface area contributed by atoms with E-state index in [1.54, 1.807) is 6.26 Å². The lowest BCUT2D eigenvalue weighted by Crippen LogP contribution is -2.65. The molecule has 4 heterocycles. The number of furan rings is 1. The zero-order chi connectivity index (χ0) is 24.4. The van der Waals surface area contributed by atoms with Crippen molar-refractivity contribution in [3.63, 3.8) is 0 Å². The lowest BCUT2D eigenvalue weighted by molar-refractivity contribution is -0.133. The largest absolute Gasteiger partial charge is 0.463 e. The van der Waals surface area contributed by atoms with Crippen LogP contribution < -0.4 is 5.32 Å². The molecule has 0 radical (unpaired) electrons. The summed E-state index contributed by atoms with van der Waals surface area (Å²) in [5, 5.41) is 3.32. The van der Waals surface area contributed by atoms with Gasteiger partial charge in [0.15, 0.2) is 5.58 Å². The molecule has 0 unspecified atom stereocenters. The minimum atomic E-state index is -0.926. The highest BCUT2D eigenvalue weighted by molar-refractivity contribution is 6.02. The zero-order valence-electron chi connectivity index (χ0n) is 21.4. The Labute approximate surface area is 208 Å². The summed E-state index contributed by atoms with van der Waals surface area (Å²) in [6.45, 7) is 11.7. The Balaban J connectivity index is 1.31. The van der Waals surface area contributed by atoms with Gasteiger partial charge in [0.1, 0.15) is 11.2 Å². The molecule has 1 saturated heterocycles. The highest BCUT2D eigenvalue weighted by atomic mass is 16.3. The number of piperazine rings is 1. The van der Waals surface area contributed by atoms with Crippen LogP contribution in [0.1, 0.15) is 69.3 Å². The fourth-order valence-corrected chi connectivity index (χ4v) is 6.22. The van der Waals surface area contributed by atoms with Gasteiger partial charge >= 0.3 is 0 Å². The molecule has 5 rings (SSSR count). The molecule has 35 heavy (non-hydrogen) atoms. The molecular formula is C27H41N5O3. The van der Waals surface area contributed by atoms with Gasteiger partial charge < -0.3 is 29.0 Å². The predicted molar refractivity (Wildman–Crippen MR) is 136 cm³/mol. The molecule has 8 heteroatoms. The predicted octanol–water partition coefficient (Wildman–Crippen LogP) is 3.32. The van der Waals surface area contributed by atoms with Crippen molar-refractivity contribution in [2.45, 2.75) is 76.9 Å². The van der Waals surface area contributed by atoms with Gasteiger partial charge in [0, 0.05) is 50.9 Å². The maximum absolute atomic E-state index is 13.8. The Morgan fingerprint density at radius 2 is 1.80 bits per heavy atom. The number of nitrogens with one attached hydrogen (secondary N) is 1. The molecule has 0 bridgehead atoms. The summed E-state index contributed by atoms with van der Waals surface area (Å²) >= 11 is 0. The molecule has 2 aliphatic heterocycles. The summed E-state index contributed by atoms with van der Waals surface area (Å²) in [6, 6.07) is 3.93. The lowest BCUT2D eigenvalue weighted by Gasteiger charge is -2.45. The molecule has 1 N–H and O–H groups in total. The first kappa shape index (κ1) is 24.4. The summed E-state index contributed by atoms with van der Waals surface area (Å²) in [4.78, 5) is 34.4. The van der Waals surface area contributed by atoms with E-state index in [1.807, 2.05) is 28.5 Å². The Hall–Kier alpha value is -2.32. The third-order valence-corrected chi connectivity index (χ3v) is 8.34. The molecule has 1 aliphatic carbocycles. The van der Waals surface area contributed by atoms with Gasteiger partial charge in [0.05, 0.1) is 18.3 Å². The smallest absolute Gasteiger partial charge is 0.271 e. The first-order chi connectivity index (χ1) is 17.0. The highest BCUT2D eigenvalue weighted by Crippen LogP contribution is 2.33. The van der Waals surface area contributed by atoms with Crippen molar-refractivity contribution in [2.75, 3.05) is 45.8 Å². The van der Waals surface area contributed by atoms with Crippen LogP contribution in [0.3, 0.4) is 0 Å². The summed E-state index contributed by atoms with van der Waals surface area (Å²) < 4.78 is 7.57. The van der Waals surface area contributed by atoms with E-state index in [4.69, 9.17) is 4.42 Å². The molecule has 1 saturated carbocycles. The molecule has 192 valence electrons. The van der Waals surface area contributed by atoms with Crippen molar-refractivity contribution in [1.29, 1.82) is 0 Å². The SMILES string of the molecule is CCCN1CCN(CCCN2C(=O)c3cc4occc4n3C[C@]2(C)C(=O)NC2CCCCC2)CC1. The van der Waals surface area contributed by atoms with Crippen molar-refractivity contribution in [3.05, 3.63) is 24.1 Å². The number of nitrogens with zero attached hydrogens (tertiary/aromatic N) is 4. The van der Waals surface area contributed by atoms with Gasteiger partial charge in [-0.3, -0.25) is 9.59 Å². The molecular weight excluding hydrogens is 442 g/mol. The van der Waals surface area contributed by atoms with Crippen LogP contribution >= 0.6 is 0 Å². The molecule has 2 fully saturated rings. The van der Waals surface area contributed by atoms with Crippen molar-refractivity contribution < 1.29 is 14.0 Å². The Bertz CT molecular complexity index is 1030. The number of carbonyl (C=O) groups is 2. The number of carbonyl (C=O) groups excluding carboxylic acids is 2. The number of rotatable bonds is 8. The molecule has 3 aliphatic rings. The van der Waals surface area contributed by atoms with Gasteiger partial charge in [-0.2, -0.15) is 0 Å². The van der Waals surface area contributed by atoms with Crippen molar-refractivity contribution in [3.8, 4) is 0 Å². The van der Waals surface area contributed by atoms with E-state index in [-0.39, 0.29) is 17.9 Å². The number of fused-ring (bicyclic) bond motifs is 3. The number of hydrogen-bond donors (Lipinski definition) is 1. The van der Waals surface area contributed by atoms with Crippen LogP contribution in [-0.4, -0.2) is 88.5 Å². The van der Waals surface area contributed by atoms with Gasteiger partial charge in [-0.1, -0.05) is 26.2 Å². The standard InChI is InChI=1S/C27H41N5O3/c1-3-11-29-14-16-30(17-15-29)12-7-13-32-25(33)23-19-24-22(10-18-35-24)31(23)20-27(32,2)26(34)28-21-8-5-4-6-9-21/h10,18-19,21H,3-9,11-17,20H2,1-2H3,(H,28,34)/t27-/m1/s1. The fraction of sp³-hybridized carbons (Fsp3) is 0.704. The lowest BCUT2D eigenvalue weighted by atomic mass is 9.91. The minimum Gasteiger partial charge on any atom is -0.463 e.